The second-order valence-electron chi connectivity index (χ2n) is 13.9. The van der Waals surface area contributed by atoms with Crippen molar-refractivity contribution in [2.75, 3.05) is 26.4 Å². The zero-order chi connectivity index (χ0) is 38.4. The molecule has 11 heteroatoms. The number of aliphatic hydroxyl groups excluding tert-OH is 2. The molecule has 0 radical (unpaired) electrons. The zero-order valence-corrected chi connectivity index (χ0v) is 33.9. The molecule has 306 valence electrons. The molecule has 0 fully saturated rings. The summed E-state index contributed by atoms with van der Waals surface area (Å²) in [5.41, 5.74) is 5.34. The molecule has 1 unspecified atom stereocenters. The number of esters is 1. The summed E-state index contributed by atoms with van der Waals surface area (Å²) in [5, 5.41) is 20.4. The summed E-state index contributed by atoms with van der Waals surface area (Å²) in [6, 6.07) is 0. The van der Waals surface area contributed by atoms with Crippen LogP contribution in [0.25, 0.3) is 0 Å². The Hall–Kier alpha value is -1.52. The number of rotatable bonds is 39. The first kappa shape index (κ1) is 50.5. The maximum atomic E-state index is 12.6. The number of hydrogen-bond donors (Lipinski definition) is 4. The van der Waals surface area contributed by atoms with Gasteiger partial charge in [-0.3, -0.25) is 13.8 Å². The summed E-state index contributed by atoms with van der Waals surface area (Å²) in [4.78, 5) is 22.4. The number of carbonyl (C=O) groups is 1. The highest BCUT2D eigenvalue weighted by Crippen LogP contribution is 2.43. The maximum absolute atomic E-state index is 12.6. The van der Waals surface area contributed by atoms with Gasteiger partial charge in [0.15, 0.2) is 6.10 Å². The molecular formula is C41H78NO9P. The molecule has 0 aliphatic heterocycles. The van der Waals surface area contributed by atoms with Gasteiger partial charge < -0.3 is 30.3 Å². The normalized spacial score (nSPS) is 15.0. The minimum atomic E-state index is -4.33. The van der Waals surface area contributed by atoms with Crippen LogP contribution in [-0.4, -0.2) is 65.8 Å². The summed E-state index contributed by atoms with van der Waals surface area (Å²) in [6.07, 6.45) is 35.6. The van der Waals surface area contributed by atoms with Gasteiger partial charge in [-0.2, -0.15) is 0 Å². The first-order valence-corrected chi connectivity index (χ1v) is 22.2. The third-order valence-electron chi connectivity index (χ3n) is 8.79. The Morgan fingerprint density at radius 3 is 1.81 bits per heavy atom. The molecule has 0 saturated carbocycles. The average Bonchev–Trinajstić information content (AvgIpc) is 3.13. The van der Waals surface area contributed by atoms with Gasteiger partial charge in [0.1, 0.15) is 6.61 Å². The van der Waals surface area contributed by atoms with Gasteiger partial charge in [-0.15, -0.1) is 0 Å². The summed E-state index contributed by atoms with van der Waals surface area (Å²) in [6.45, 7) is 3.98. The lowest BCUT2D eigenvalue weighted by molar-refractivity contribution is -0.153. The van der Waals surface area contributed by atoms with Crippen molar-refractivity contribution < 1.29 is 43.0 Å². The molecule has 4 atom stereocenters. The number of aliphatic hydroxyl groups is 2. The molecule has 0 amide bonds. The van der Waals surface area contributed by atoms with Crippen LogP contribution in [0.2, 0.25) is 0 Å². The predicted molar refractivity (Wildman–Crippen MR) is 213 cm³/mol. The van der Waals surface area contributed by atoms with Crippen molar-refractivity contribution in [3.63, 3.8) is 0 Å². The van der Waals surface area contributed by atoms with Crippen LogP contribution in [0.4, 0.5) is 0 Å². The van der Waals surface area contributed by atoms with E-state index >= 15 is 0 Å². The molecule has 0 saturated heterocycles. The summed E-state index contributed by atoms with van der Waals surface area (Å²) >= 11 is 0. The van der Waals surface area contributed by atoms with Gasteiger partial charge in [-0.1, -0.05) is 122 Å². The van der Waals surface area contributed by atoms with Gasteiger partial charge in [-0.25, -0.2) is 4.57 Å². The Morgan fingerprint density at radius 2 is 1.17 bits per heavy atom. The molecule has 0 bridgehead atoms. The van der Waals surface area contributed by atoms with Crippen molar-refractivity contribution in [3.05, 3.63) is 36.6 Å². The molecular weight excluding hydrogens is 681 g/mol. The molecule has 0 aromatic rings. The molecule has 52 heavy (non-hydrogen) atoms. The van der Waals surface area contributed by atoms with Crippen molar-refractivity contribution in [3.8, 4) is 0 Å². The third kappa shape index (κ3) is 35.5. The van der Waals surface area contributed by atoms with E-state index in [9.17, 15) is 24.5 Å². The van der Waals surface area contributed by atoms with Crippen molar-refractivity contribution in [1.29, 1.82) is 0 Å². The highest BCUT2D eigenvalue weighted by Gasteiger charge is 2.25. The number of hydrogen-bond acceptors (Lipinski definition) is 9. The first-order valence-electron chi connectivity index (χ1n) is 20.7. The van der Waals surface area contributed by atoms with Crippen LogP contribution in [-0.2, 0) is 27.9 Å². The van der Waals surface area contributed by atoms with Crippen LogP contribution < -0.4 is 5.73 Å². The summed E-state index contributed by atoms with van der Waals surface area (Å²) in [5.74, 6) is -0.434. The minimum absolute atomic E-state index is 0.0187. The quantitative estimate of drug-likeness (QED) is 0.0156. The smallest absolute Gasteiger partial charge is 0.472 e. The van der Waals surface area contributed by atoms with Gasteiger partial charge in [-0.05, 0) is 76.7 Å². The van der Waals surface area contributed by atoms with E-state index in [4.69, 9.17) is 24.3 Å². The predicted octanol–water partition coefficient (Wildman–Crippen LogP) is 10.1. The Kier molecular flexibility index (Phi) is 36.7. The van der Waals surface area contributed by atoms with Crippen molar-refractivity contribution in [2.45, 2.75) is 193 Å². The first-order chi connectivity index (χ1) is 25.3. The molecule has 10 nitrogen and oxygen atoms in total. The standard InChI is InChI=1S/C41H78NO9P/c1-3-5-7-9-11-12-13-14-15-16-17-18-19-20-25-29-34-48-36-38(37-50-52(46,47)49-35-33-42)51-41(45)32-28-24-21-23-27-31-40(44)39(43)30-26-22-10-8-6-4-2/h12-13,22,26,29,34,38-40,43-44H,3-11,14-21,23-25,27-28,30-33,35-37,42H2,1-2H3,(H,46,47)/b13-12-,26-22-,34-29+/t38-,39+,40+/m1/s1. The fraction of sp³-hybridized carbons (Fsp3) is 0.829. The molecule has 0 spiro atoms. The summed E-state index contributed by atoms with van der Waals surface area (Å²) < 4.78 is 33.0. The number of phosphoric acid groups is 1. The molecule has 5 N–H and O–H groups in total. The van der Waals surface area contributed by atoms with Gasteiger partial charge in [0.2, 0.25) is 0 Å². The van der Waals surface area contributed by atoms with Crippen LogP contribution in [0.5, 0.6) is 0 Å². The highest BCUT2D eigenvalue weighted by atomic mass is 31.2. The largest absolute Gasteiger partial charge is 0.498 e. The van der Waals surface area contributed by atoms with E-state index in [2.05, 4.69) is 32.1 Å². The number of phosphoric ester groups is 1. The number of ether oxygens (including phenoxy) is 2. The average molecular weight is 760 g/mol. The fourth-order valence-electron chi connectivity index (χ4n) is 5.57. The van der Waals surface area contributed by atoms with E-state index in [1.807, 2.05) is 12.2 Å². The minimum Gasteiger partial charge on any atom is -0.498 e. The zero-order valence-electron chi connectivity index (χ0n) is 33.0. The Morgan fingerprint density at radius 1 is 0.654 bits per heavy atom. The summed E-state index contributed by atoms with van der Waals surface area (Å²) in [7, 11) is -4.33. The Balaban J connectivity index is 4.25. The topological polar surface area (TPSA) is 158 Å². The van der Waals surface area contributed by atoms with E-state index in [1.165, 1.54) is 83.5 Å². The van der Waals surface area contributed by atoms with Crippen molar-refractivity contribution >= 4 is 13.8 Å². The molecule has 0 heterocycles. The lowest BCUT2D eigenvalue weighted by Gasteiger charge is -2.19. The van der Waals surface area contributed by atoms with E-state index in [1.54, 1.807) is 6.26 Å². The van der Waals surface area contributed by atoms with Gasteiger partial charge >= 0.3 is 13.8 Å². The van der Waals surface area contributed by atoms with Crippen LogP contribution in [0.1, 0.15) is 174 Å². The highest BCUT2D eigenvalue weighted by molar-refractivity contribution is 7.47. The number of nitrogens with two attached hydrogens (primary N) is 1. The fourth-order valence-corrected chi connectivity index (χ4v) is 6.33. The van der Waals surface area contributed by atoms with Crippen LogP contribution in [0.3, 0.4) is 0 Å². The number of carbonyl (C=O) groups excluding carboxylic acids is 1. The monoisotopic (exact) mass is 760 g/mol. The van der Waals surface area contributed by atoms with E-state index in [0.29, 0.717) is 19.3 Å². The second-order valence-corrected chi connectivity index (χ2v) is 15.3. The van der Waals surface area contributed by atoms with Gasteiger partial charge in [0.05, 0.1) is 31.7 Å². The van der Waals surface area contributed by atoms with Crippen LogP contribution in [0, 0.1) is 0 Å². The third-order valence-corrected chi connectivity index (χ3v) is 9.78. The Bertz CT molecular complexity index is 930. The van der Waals surface area contributed by atoms with Crippen LogP contribution in [0.15, 0.2) is 36.6 Å². The van der Waals surface area contributed by atoms with Crippen LogP contribution >= 0.6 is 7.82 Å². The van der Waals surface area contributed by atoms with Gasteiger partial charge in [0, 0.05) is 13.0 Å². The Labute approximate surface area is 317 Å². The SMILES string of the molecule is CCCCC/C=C\C[C@H](O)[C@@H](O)CCCCCCCC(=O)O[C@H](CO/C=C/CCCCCCCC/C=C\CCCCCC)COP(=O)(O)OCCN. The number of unbranched alkanes of at least 4 members (excludes halogenated alkanes) is 18. The van der Waals surface area contributed by atoms with Gasteiger partial charge in [0.25, 0.3) is 0 Å². The lowest BCUT2D eigenvalue weighted by Crippen LogP contribution is -2.27. The maximum Gasteiger partial charge on any atom is 0.472 e. The van der Waals surface area contributed by atoms with E-state index in [-0.39, 0.29) is 32.8 Å². The molecule has 0 aromatic heterocycles. The molecule has 0 rings (SSSR count). The second kappa shape index (κ2) is 37.8. The van der Waals surface area contributed by atoms with E-state index < -0.39 is 32.1 Å². The molecule has 0 aliphatic rings. The van der Waals surface area contributed by atoms with Crippen molar-refractivity contribution in [1.82, 2.24) is 0 Å². The molecule has 0 aromatic carbocycles. The number of allylic oxidation sites excluding steroid dienone is 4. The van der Waals surface area contributed by atoms with E-state index in [0.717, 1.165) is 51.4 Å². The lowest BCUT2D eigenvalue weighted by atomic mass is 10.0. The molecule has 0 aliphatic carbocycles. The van der Waals surface area contributed by atoms with Crippen molar-refractivity contribution in [2.24, 2.45) is 5.73 Å².